The lowest BCUT2D eigenvalue weighted by Gasteiger charge is -2.18. The third kappa shape index (κ3) is 3.61. The first-order valence-corrected chi connectivity index (χ1v) is 7.99. The number of carbonyl (C=O) groups excluding carboxylic acids is 1. The molecule has 0 fully saturated rings. The molecule has 3 rings (SSSR count). The number of nitrogens with zero attached hydrogens (tertiary/aromatic N) is 3. The van der Waals surface area contributed by atoms with Crippen molar-refractivity contribution in [1.82, 2.24) is 20.1 Å². The Bertz CT molecular complexity index is 950. The molecule has 3 aromatic rings. The molecular weight excluding hydrogens is 332 g/mol. The summed E-state index contributed by atoms with van der Waals surface area (Å²) in [6, 6.07) is 7.83. The number of benzene rings is 1. The molecule has 2 aromatic heterocycles. The van der Waals surface area contributed by atoms with E-state index in [1.54, 1.807) is 55.4 Å². The number of aromatic nitrogens is 3. The highest BCUT2D eigenvalue weighted by Crippen LogP contribution is 2.22. The number of pyridine rings is 1. The second-order valence-electron chi connectivity index (χ2n) is 5.98. The molecule has 2 N–H and O–H groups in total. The number of aryl methyl sites for hydroxylation is 2. The van der Waals surface area contributed by atoms with Crippen molar-refractivity contribution < 1.29 is 14.7 Å². The van der Waals surface area contributed by atoms with E-state index in [4.69, 9.17) is 0 Å². The molecule has 132 valence electrons. The maximum Gasteiger partial charge on any atom is 0.335 e. The Kier molecular flexibility index (Phi) is 4.79. The zero-order valence-corrected chi connectivity index (χ0v) is 14.4. The van der Waals surface area contributed by atoms with Crippen LogP contribution < -0.4 is 5.32 Å². The molecule has 1 atom stereocenters. The van der Waals surface area contributed by atoms with E-state index < -0.39 is 12.0 Å². The first kappa shape index (κ1) is 17.3. The van der Waals surface area contributed by atoms with E-state index in [0.717, 1.165) is 11.1 Å². The maximum absolute atomic E-state index is 12.7. The fourth-order valence-electron chi connectivity index (χ4n) is 2.70. The Morgan fingerprint density at radius 2 is 2.00 bits per heavy atom. The fraction of sp³-hybridized carbons (Fsp3) is 0.158. The normalized spacial score (nSPS) is 11.8. The van der Waals surface area contributed by atoms with Crippen LogP contribution in [-0.2, 0) is 7.05 Å². The van der Waals surface area contributed by atoms with Crippen LogP contribution in [0.2, 0.25) is 0 Å². The highest BCUT2D eigenvalue weighted by molar-refractivity contribution is 5.98. The Balaban J connectivity index is 1.93. The van der Waals surface area contributed by atoms with E-state index in [9.17, 15) is 14.7 Å². The summed E-state index contributed by atoms with van der Waals surface area (Å²) in [7, 11) is 1.80. The van der Waals surface area contributed by atoms with E-state index >= 15 is 0 Å². The predicted octanol–water partition coefficient (Wildman–Crippen LogP) is 2.34. The van der Waals surface area contributed by atoms with Crippen LogP contribution in [0.1, 0.15) is 43.4 Å². The molecule has 0 spiro atoms. The molecule has 7 nitrogen and oxygen atoms in total. The van der Waals surface area contributed by atoms with Gasteiger partial charge in [-0.15, -0.1) is 0 Å². The summed E-state index contributed by atoms with van der Waals surface area (Å²) in [5.41, 5.74) is 2.60. The number of carboxylic acids is 1. The van der Waals surface area contributed by atoms with Gasteiger partial charge in [-0.25, -0.2) is 4.79 Å². The van der Waals surface area contributed by atoms with Crippen LogP contribution in [0.15, 0.2) is 55.1 Å². The first-order chi connectivity index (χ1) is 12.5. The lowest BCUT2D eigenvalue weighted by molar-refractivity contribution is 0.0696. The molecule has 2 heterocycles. The van der Waals surface area contributed by atoms with Gasteiger partial charge in [-0.2, -0.15) is 5.10 Å². The van der Waals surface area contributed by atoms with Crippen LogP contribution in [-0.4, -0.2) is 31.7 Å². The smallest absolute Gasteiger partial charge is 0.335 e. The number of carbonyl (C=O) groups is 2. The number of rotatable bonds is 5. The van der Waals surface area contributed by atoms with Crippen molar-refractivity contribution in [1.29, 1.82) is 0 Å². The van der Waals surface area contributed by atoms with Gasteiger partial charge in [0.1, 0.15) is 0 Å². The monoisotopic (exact) mass is 350 g/mol. The van der Waals surface area contributed by atoms with Crippen molar-refractivity contribution in [2.24, 2.45) is 7.05 Å². The SMILES string of the molecule is Cc1ccc(C(=O)NC(c2cccnc2)c2cnn(C)c2)cc1C(=O)O. The Morgan fingerprint density at radius 1 is 1.19 bits per heavy atom. The molecule has 1 unspecified atom stereocenters. The minimum absolute atomic E-state index is 0.108. The topological polar surface area (TPSA) is 97.1 Å². The van der Waals surface area contributed by atoms with E-state index in [1.165, 1.54) is 6.07 Å². The van der Waals surface area contributed by atoms with Gasteiger partial charge in [-0.05, 0) is 36.2 Å². The van der Waals surface area contributed by atoms with Crippen LogP contribution >= 0.6 is 0 Å². The second kappa shape index (κ2) is 7.18. The third-order valence-corrected chi connectivity index (χ3v) is 4.08. The van der Waals surface area contributed by atoms with Crippen molar-refractivity contribution in [3.63, 3.8) is 0 Å². The number of amides is 1. The molecule has 1 amide bonds. The van der Waals surface area contributed by atoms with Gasteiger partial charge in [0.2, 0.25) is 0 Å². The molecule has 0 aliphatic carbocycles. The highest BCUT2D eigenvalue weighted by Gasteiger charge is 2.20. The molecule has 0 saturated heterocycles. The standard InChI is InChI=1S/C19H18N4O3/c1-12-5-6-13(8-16(12)19(25)26)18(24)22-17(14-4-3-7-20-9-14)15-10-21-23(2)11-15/h3-11,17H,1-2H3,(H,22,24)(H,25,26). The van der Waals surface area contributed by atoms with E-state index in [2.05, 4.69) is 15.4 Å². The number of hydrogen-bond acceptors (Lipinski definition) is 4. The molecule has 0 radical (unpaired) electrons. The minimum atomic E-state index is -1.06. The number of nitrogens with one attached hydrogen (secondary N) is 1. The third-order valence-electron chi connectivity index (χ3n) is 4.08. The molecule has 0 saturated carbocycles. The lowest BCUT2D eigenvalue weighted by atomic mass is 10.0. The van der Waals surface area contributed by atoms with Gasteiger partial charge >= 0.3 is 5.97 Å². The summed E-state index contributed by atoms with van der Waals surface area (Å²) >= 11 is 0. The van der Waals surface area contributed by atoms with Crippen molar-refractivity contribution in [2.45, 2.75) is 13.0 Å². The van der Waals surface area contributed by atoms with Gasteiger partial charge in [0.25, 0.3) is 5.91 Å². The Morgan fingerprint density at radius 3 is 2.62 bits per heavy atom. The molecule has 1 aromatic carbocycles. The van der Waals surface area contributed by atoms with Gasteiger partial charge < -0.3 is 10.4 Å². The van der Waals surface area contributed by atoms with Gasteiger partial charge in [0, 0.05) is 36.8 Å². The Hall–Kier alpha value is -3.48. The predicted molar refractivity (Wildman–Crippen MR) is 94.9 cm³/mol. The van der Waals surface area contributed by atoms with Crippen LogP contribution in [0.5, 0.6) is 0 Å². The lowest BCUT2D eigenvalue weighted by Crippen LogP contribution is -2.29. The van der Waals surface area contributed by atoms with Gasteiger partial charge in [0.15, 0.2) is 0 Å². The maximum atomic E-state index is 12.7. The second-order valence-corrected chi connectivity index (χ2v) is 5.98. The van der Waals surface area contributed by atoms with Crippen molar-refractivity contribution in [3.05, 3.63) is 82.9 Å². The Labute approximate surface area is 150 Å². The molecule has 0 aliphatic heterocycles. The number of hydrogen-bond donors (Lipinski definition) is 2. The van der Waals surface area contributed by atoms with Gasteiger partial charge in [-0.3, -0.25) is 14.5 Å². The molecule has 0 bridgehead atoms. The number of carboxylic acid groups (broad SMARTS) is 1. The highest BCUT2D eigenvalue weighted by atomic mass is 16.4. The molecular formula is C19H18N4O3. The number of aromatic carboxylic acids is 1. The van der Waals surface area contributed by atoms with Crippen LogP contribution in [0.3, 0.4) is 0 Å². The van der Waals surface area contributed by atoms with Crippen molar-refractivity contribution in [3.8, 4) is 0 Å². The largest absolute Gasteiger partial charge is 0.478 e. The minimum Gasteiger partial charge on any atom is -0.478 e. The van der Waals surface area contributed by atoms with Crippen LogP contribution in [0.25, 0.3) is 0 Å². The summed E-state index contributed by atoms with van der Waals surface area (Å²) in [6.07, 6.45) is 6.83. The van der Waals surface area contributed by atoms with Gasteiger partial charge in [-0.1, -0.05) is 12.1 Å². The average Bonchev–Trinajstić information content (AvgIpc) is 3.06. The average molecular weight is 350 g/mol. The fourth-order valence-corrected chi connectivity index (χ4v) is 2.70. The summed E-state index contributed by atoms with van der Waals surface area (Å²) in [6.45, 7) is 1.69. The van der Waals surface area contributed by atoms with E-state index in [1.807, 2.05) is 12.3 Å². The summed E-state index contributed by atoms with van der Waals surface area (Å²) in [4.78, 5) is 28.2. The van der Waals surface area contributed by atoms with Crippen LogP contribution in [0, 0.1) is 6.92 Å². The summed E-state index contributed by atoms with van der Waals surface area (Å²) < 4.78 is 1.65. The quantitative estimate of drug-likeness (QED) is 0.736. The van der Waals surface area contributed by atoms with Crippen molar-refractivity contribution >= 4 is 11.9 Å². The molecule has 0 aliphatic rings. The van der Waals surface area contributed by atoms with Crippen molar-refractivity contribution in [2.75, 3.05) is 0 Å². The van der Waals surface area contributed by atoms with E-state index in [0.29, 0.717) is 5.56 Å². The first-order valence-electron chi connectivity index (χ1n) is 7.99. The molecule has 7 heteroatoms. The summed E-state index contributed by atoms with van der Waals surface area (Å²) in [5, 5.41) is 16.4. The van der Waals surface area contributed by atoms with Gasteiger partial charge in [0.05, 0.1) is 17.8 Å². The summed E-state index contributed by atoms with van der Waals surface area (Å²) in [5.74, 6) is -1.43. The van der Waals surface area contributed by atoms with E-state index in [-0.39, 0.29) is 17.0 Å². The van der Waals surface area contributed by atoms with Crippen LogP contribution in [0.4, 0.5) is 0 Å². The molecule has 26 heavy (non-hydrogen) atoms. The zero-order valence-electron chi connectivity index (χ0n) is 14.4. The zero-order chi connectivity index (χ0) is 18.7.